The molecule has 0 spiro atoms. The summed E-state index contributed by atoms with van der Waals surface area (Å²) >= 11 is 2.65. The van der Waals surface area contributed by atoms with Crippen LogP contribution < -0.4 is 11.1 Å². The minimum Gasteiger partial charge on any atom is -0.374 e. The number of nitrogens with one attached hydrogen (secondary N) is 1. The number of carbonyl (C=O) groups excluding carboxylic acids is 1. The summed E-state index contributed by atoms with van der Waals surface area (Å²) in [6.07, 6.45) is 0. The first-order valence-electron chi connectivity index (χ1n) is 5.00. The highest BCUT2D eigenvalue weighted by Gasteiger charge is 2.11. The molecule has 7 heteroatoms. The highest BCUT2D eigenvalue weighted by Crippen LogP contribution is 2.23. The smallest absolute Gasteiger partial charge is 0.230 e. The van der Waals surface area contributed by atoms with Gasteiger partial charge in [0, 0.05) is 6.04 Å². The van der Waals surface area contributed by atoms with E-state index in [0.717, 1.165) is 4.34 Å². The number of nitrogens with zero attached hydrogens (tertiary/aromatic N) is 2. The van der Waals surface area contributed by atoms with E-state index < -0.39 is 0 Å². The topological polar surface area (TPSA) is 80.9 Å². The van der Waals surface area contributed by atoms with E-state index in [0.29, 0.717) is 16.8 Å². The summed E-state index contributed by atoms with van der Waals surface area (Å²) in [7, 11) is 0. The van der Waals surface area contributed by atoms with Gasteiger partial charge in [-0.3, -0.25) is 4.79 Å². The predicted molar refractivity (Wildman–Crippen MR) is 67.5 cm³/mol. The Kier molecular flexibility index (Phi) is 5.01. The van der Waals surface area contributed by atoms with Crippen LogP contribution in [0.5, 0.6) is 0 Å². The van der Waals surface area contributed by atoms with Crippen molar-refractivity contribution in [3.8, 4) is 0 Å². The van der Waals surface area contributed by atoms with Crippen LogP contribution in [0.4, 0.5) is 5.13 Å². The molecule has 0 saturated heterocycles. The fourth-order valence-corrected chi connectivity index (χ4v) is 2.32. The zero-order valence-electron chi connectivity index (χ0n) is 9.56. The molecule has 90 valence electrons. The van der Waals surface area contributed by atoms with E-state index in [9.17, 15) is 4.79 Å². The predicted octanol–water partition coefficient (Wildman–Crippen LogP) is 1.37. The maximum atomic E-state index is 11.5. The second-order valence-corrected chi connectivity index (χ2v) is 6.03. The molecular formula is C9H16N4OS2. The molecule has 1 aromatic rings. The van der Waals surface area contributed by atoms with Gasteiger partial charge >= 0.3 is 0 Å². The largest absolute Gasteiger partial charge is 0.374 e. The van der Waals surface area contributed by atoms with E-state index in [1.807, 2.05) is 6.92 Å². The number of hydrogen-bond acceptors (Lipinski definition) is 6. The molecule has 0 aliphatic rings. The van der Waals surface area contributed by atoms with Crippen LogP contribution in [-0.2, 0) is 4.79 Å². The van der Waals surface area contributed by atoms with Crippen molar-refractivity contribution in [3.63, 3.8) is 0 Å². The van der Waals surface area contributed by atoms with Crippen LogP contribution in [0.2, 0.25) is 0 Å². The molecule has 0 fully saturated rings. The summed E-state index contributed by atoms with van der Waals surface area (Å²) in [6.45, 7) is 6.14. The highest BCUT2D eigenvalue weighted by atomic mass is 32.2. The molecule has 0 aliphatic carbocycles. The number of amides is 1. The molecule has 0 bridgehead atoms. The molecule has 16 heavy (non-hydrogen) atoms. The number of rotatable bonds is 5. The van der Waals surface area contributed by atoms with Gasteiger partial charge in [0.2, 0.25) is 11.0 Å². The zero-order chi connectivity index (χ0) is 12.1. The quantitative estimate of drug-likeness (QED) is 0.782. The van der Waals surface area contributed by atoms with Gasteiger partial charge in [-0.1, -0.05) is 36.9 Å². The zero-order valence-corrected chi connectivity index (χ0v) is 11.2. The van der Waals surface area contributed by atoms with Crippen LogP contribution in [0.15, 0.2) is 4.34 Å². The third-order valence-electron chi connectivity index (χ3n) is 2.14. The van der Waals surface area contributed by atoms with E-state index in [1.54, 1.807) is 0 Å². The number of nitrogen functional groups attached to an aromatic ring is 1. The van der Waals surface area contributed by atoms with E-state index in [1.165, 1.54) is 23.1 Å². The molecule has 1 heterocycles. The maximum Gasteiger partial charge on any atom is 0.230 e. The molecule has 0 unspecified atom stereocenters. The lowest BCUT2D eigenvalue weighted by Gasteiger charge is -2.16. The Morgan fingerprint density at radius 1 is 1.50 bits per heavy atom. The molecule has 0 aromatic carbocycles. The van der Waals surface area contributed by atoms with Gasteiger partial charge in [0.15, 0.2) is 4.34 Å². The van der Waals surface area contributed by atoms with Gasteiger partial charge < -0.3 is 11.1 Å². The molecule has 3 N–H and O–H groups in total. The average molecular weight is 260 g/mol. The first kappa shape index (κ1) is 13.2. The third kappa shape index (κ3) is 4.36. The summed E-state index contributed by atoms with van der Waals surface area (Å²) in [4.78, 5) is 11.5. The second-order valence-electron chi connectivity index (χ2n) is 3.80. The Bertz CT molecular complexity index is 353. The van der Waals surface area contributed by atoms with E-state index in [2.05, 4.69) is 29.4 Å². The number of anilines is 1. The first-order chi connectivity index (χ1) is 7.49. The lowest BCUT2D eigenvalue weighted by atomic mass is 10.1. The average Bonchev–Trinajstić information content (AvgIpc) is 2.61. The van der Waals surface area contributed by atoms with Crippen molar-refractivity contribution in [2.24, 2.45) is 5.92 Å². The lowest BCUT2D eigenvalue weighted by Crippen LogP contribution is -2.37. The van der Waals surface area contributed by atoms with Crippen LogP contribution >= 0.6 is 23.1 Å². The number of carbonyl (C=O) groups is 1. The van der Waals surface area contributed by atoms with Crippen molar-refractivity contribution in [3.05, 3.63) is 0 Å². The number of nitrogens with two attached hydrogens (primary N) is 1. The standard InChI is InChI=1S/C9H16N4OS2/c1-5(2)6(3)11-7(14)4-15-9-13-12-8(10)16-9/h5-6H,4H2,1-3H3,(H2,10,12)(H,11,14)/t6-/m1/s1. The fraction of sp³-hybridized carbons (Fsp3) is 0.667. The maximum absolute atomic E-state index is 11.5. The van der Waals surface area contributed by atoms with Gasteiger partial charge in [-0.25, -0.2) is 0 Å². The molecule has 1 atom stereocenters. The Morgan fingerprint density at radius 3 is 2.69 bits per heavy atom. The van der Waals surface area contributed by atoms with Gasteiger partial charge in [-0.05, 0) is 12.8 Å². The Labute approximate surface area is 103 Å². The number of aromatic nitrogens is 2. The molecule has 1 rings (SSSR count). The van der Waals surface area contributed by atoms with Gasteiger partial charge in [0.1, 0.15) is 0 Å². The molecular weight excluding hydrogens is 244 g/mol. The highest BCUT2D eigenvalue weighted by molar-refractivity contribution is 8.01. The van der Waals surface area contributed by atoms with E-state index in [-0.39, 0.29) is 11.9 Å². The van der Waals surface area contributed by atoms with Gasteiger partial charge in [-0.2, -0.15) is 0 Å². The molecule has 0 aliphatic heterocycles. The minimum absolute atomic E-state index is 0.0139. The molecule has 5 nitrogen and oxygen atoms in total. The summed E-state index contributed by atoms with van der Waals surface area (Å²) in [6, 6.07) is 0.188. The van der Waals surface area contributed by atoms with Crippen molar-refractivity contribution in [1.82, 2.24) is 15.5 Å². The minimum atomic E-state index is 0.0139. The monoisotopic (exact) mass is 260 g/mol. The second kappa shape index (κ2) is 6.05. The molecule has 0 radical (unpaired) electrons. The van der Waals surface area contributed by atoms with Crippen LogP contribution in [0.1, 0.15) is 20.8 Å². The van der Waals surface area contributed by atoms with Crippen LogP contribution in [-0.4, -0.2) is 27.9 Å². The van der Waals surface area contributed by atoms with E-state index >= 15 is 0 Å². The summed E-state index contributed by atoms with van der Waals surface area (Å²) in [5.74, 6) is 0.803. The van der Waals surface area contributed by atoms with Crippen LogP contribution in [0.25, 0.3) is 0 Å². The van der Waals surface area contributed by atoms with Crippen molar-refractivity contribution < 1.29 is 4.79 Å². The lowest BCUT2D eigenvalue weighted by molar-refractivity contribution is -0.119. The summed E-state index contributed by atoms with van der Waals surface area (Å²) in [5, 5.41) is 10.9. The summed E-state index contributed by atoms with van der Waals surface area (Å²) < 4.78 is 0.727. The van der Waals surface area contributed by atoms with Crippen molar-refractivity contribution in [2.75, 3.05) is 11.5 Å². The molecule has 0 saturated carbocycles. The Hall–Kier alpha value is -0.820. The van der Waals surface area contributed by atoms with Gasteiger partial charge in [0.25, 0.3) is 0 Å². The number of hydrogen-bond donors (Lipinski definition) is 2. The molecule has 1 amide bonds. The van der Waals surface area contributed by atoms with Crippen LogP contribution in [0.3, 0.4) is 0 Å². The number of thioether (sulfide) groups is 1. The summed E-state index contributed by atoms with van der Waals surface area (Å²) in [5.41, 5.74) is 5.44. The Balaban J connectivity index is 2.30. The van der Waals surface area contributed by atoms with Crippen molar-refractivity contribution >= 4 is 34.1 Å². The normalized spacial score (nSPS) is 12.8. The SMILES string of the molecule is CC(C)[C@@H](C)NC(=O)CSc1nnc(N)s1. The fourth-order valence-electron chi connectivity index (χ4n) is 0.868. The van der Waals surface area contributed by atoms with Crippen molar-refractivity contribution in [1.29, 1.82) is 0 Å². The Morgan fingerprint density at radius 2 is 2.19 bits per heavy atom. The third-order valence-corrected chi connectivity index (χ3v) is 4.02. The first-order valence-corrected chi connectivity index (χ1v) is 6.80. The molecule has 1 aromatic heterocycles. The van der Waals surface area contributed by atoms with Crippen LogP contribution in [0, 0.1) is 5.92 Å². The van der Waals surface area contributed by atoms with Crippen molar-refractivity contribution in [2.45, 2.75) is 31.2 Å². The van der Waals surface area contributed by atoms with Gasteiger partial charge in [-0.15, -0.1) is 10.2 Å². The van der Waals surface area contributed by atoms with Gasteiger partial charge in [0.05, 0.1) is 5.75 Å². The van der Waals surface area contributed by atoms with E-state index in [4.69, 9.17) is 5.73 Å².